The molecular weight excluding hydrogens is 334 g/mol. The number of ether oxygens (including phenoxy) is 4. The summed E-state index contributed by atoms with van der Waals surface area (Å²) in [6.07, 6.45) is -0.643. The molecule has 1 amide bonds. The van der Waals surface area contributed by atoms with Crippen molar-refractivity contribution in [2.45, 2.75) is 26.0 Å². The van der Waals surface area contributed by atoms with Crippen LogP contribution in [0.3, 0.4) is 0 Å². The topological polar surface area (TPSA) is 66.0 Å². The van der Waals surface area contributed by atoms with E-state index in [-0.39, 0.29) is 11.9 Å². The Balaban J connectivity index is 2.01. The van der Waals surface area contributed by atoms with Gasteiger partial charge in [0.25, 0.3) is 5.91 Å². The minimum atomic E-state index is -0.643. The Kier molecular flexibility index (Phi) is 6.72. The molecule has 0 fully saturated rings. The summed E-state index contributed by atoms with van der Waals surface area (Å²) in [7, 11) is 4.78. The minimum absolute atomic E-state index is 0.216. The van der Waals surface area contributed by atoms with Crippen molar-refractivity contribution in [3.05, 3.63) is 48.0 Å². The van der Waals surface area contributed by atoms with E-state index in [1.54, 1.807) is 58.6 Å². The second-order valence-electron chi connectivity index (χ2n) is 5.77. The van der Waals surface area contributed by atoms with Crippen molar-refractivity contribution in [2.75, 3.05) is 21.3 Å². The van der Waals surface area contributed by atoms with Gasteiger partial charge in [-0.25, -0.2) is 0 Å². The highest BCUT2D eigenvalue weighted by atomic mass is 16.5. The maximum Gasteiger partial charge on any atom is 0.261 e. The van der Waals surface area contributed by atoms with Gasteiger partial charge < -0.3 is 24.3 Å². The number of carbonyl (C=O) groups excluding carboxylic acids is 1. The molecule has 0 aliphatic rings. The summed E-state index contributed by atoms with van der Waals surface area (Å²) in [6, 6.07) is 12.3. The number of hydrogen-bond donors (Lipinski definition) is 1. The third-order valence-corrected chi connectivity index (χ3v) is 4.01. The maximum absolute atomic E-state index is 12.5. The highest BCUT2D eigenvalue weighted by Gasteiger charge is 2.20. The zero-order chi connectivity index (χ0) is 19.1. The van der Waals surface area contributed by atoms with Gasteiger partial charge in [-0.2, -0.15) is 0 Å². The molecule has 2 rings (SSSR count). The zero-order valence-electron chi connectivity index (χ0n) is 15.7. The van der Waals surface area contributed by atoms with Crippen molar-refractivity contribution in [2.24, 2.45) is 0 Å². The summed E-state index contributed by atoms with van der Waals surface area (Å²) >= 11 is 0. The number of methoxy groups -OCH3 is 3. The fourth-order valence-corrected chi connectivity index (χ4v) is 2.50. The molecular formula is C20H25NO5. The van der Waals surface area contributed by atoms with Gasteiger partial charge >= 0.3 is 0 Å². The first kappa shape index (κ1) is 19.4. The highest BCUT2D eigenvalue weighted by molar-refractivity contribution is 5.81. The van der Waals surface area contributed by atoms with E-state index < -0.39 is 6.10 Å². The number of benzene rings is 2. The first-order valence-corrected chi connectivity index (χ1v) is 8.31. The molecule has 0 spiro atoms. The van der Waals surface area contributed by atoms with Gasteiger partial charge in [-0.1, -0.05) is 0 Å². The normalized spacial score (nSPS) is 12.7. The van der Waals surface area contributed by atoms with Crippen LogP contribution in [0.4, 0.5) is 0 Å². The van der Waals surface area contributed by atoms with E-state index in [4.69, 9.17) is 18.9 Å². The molecule has 0 heterocycles. The Morgan fingerprint density at radius 2 is 1.42 bits per heavy atom. The van der Waals surface area contributed by atoms with E-state index in [2.05, 4.69) is 5.32 Å². The number of amides is 1. The SMILES string of the molecule is COc1ccc(OC(C)C(=O)NC(C)c2ccc(OC)cc2OC)cc1. The van der Waals surface area contributed by atoms with Crippen molar-refractivity contribution in [1.29, 1.82) is 0 Å². The number of nitrogens with one attached hydrogen (secondary N) is 1. The van der Waals surface area contributed by atoms with Crippen LogP contribution in [0.5, 0.6) is 23.0 Å². The Hall–Kier alpha value is -2.89. The van der Waals surface area contributed by atoms with E-state index in [0.717, 1.165) is 11.3 Å². The summed E-state index contributed by atoms with van der Waals surface area (Å²) in [6.45, 7) is 3.60. The van der Waals surface area contributed by atoms with Gasteiger partial charge in [-0.05, 0) is 50.2 Å². The van der Waals surface area contributed by atoms with Gasteiger partial charge in [-0.15, -0.1) is 0 Å². The van der Waals surface area contributed by atoms with E-state index in [0.29, 0.717) is 17.2 Å². The summed E-state index contributed by atoms with van der Waals surface area (Å²) < 4.78 is 21.4. The third-order valence-electron chi connectivity index (χ3n) is 4.01. The maximum atomic E-state index is 12.5. The molecule has 0 radical (unpaired) electrons. The first-order chi connectivity index (χ1) is 12.5. The highest BCUT2D eigenvalue weighted by Crippen LogP contribution is 2.29. The fraction of sp³-hybridized carbons (Fsp3) is 0.350. The van der Waals surface area contributed by atoms with Crippen molar-refractivity contribution < 1.29 is 23.7 Å². The van der Waals surface area contributed by atoms with E-state index in [9.17, 15) is 4.79 Å². The Labute approximate surface area is 154 Å². The molecule has 140 valence electrons. The van der Waals surface area contributed by atoms with E-state index >= 15 is 0 Å². The van der Waals surface area contributed by atoms with Gasteiger partial charge in [0.1, 0.15) is 23.0 Å². The predicted octanol–water partition coefficient (Wildman–Crippen LogP) is 3.36. The lowest BCUT2D eigenvalue weighted by Gasteiger charge is -2.21. The van der Waals surface area contributed by atoms with Crippen LogP contribution in [-0.2, 0) is 4.79 Å². The third kappa shape index (κ3) is 4.81. The lowest BCUT2D eigenvalue weighted by atomic mass is 10.1. The van der Waals surface area contributed by atoms with Crippen LogP contribution in [0.1, 0.15) is 25.5 Å². The van der Waals surface area contributed by atoms with Gasteiger partial charge in [0, 0.05) is 11.6 Å². The smallest absolute Gasteiger partial charge is 0.261 e. The van der Waals surface area contributed by atoms with Crippen molar-refractivity contribution in [3.8, 4) is 23.0 Å². The Morgan fingerprint density at radius 3 is 2.00 bits per heavy atom. The van der Waals surface area contributed by atoms with E-state index in [1.165, 1.54) is 0 Å². The molecule has 2 atom stereocenters. The van der Waals surface area contributed by atoms with E-state index in [1.807, 2.05) is 19.1 Å². The lowest BCUT2D eigenvalue weighted by molar-refractivity contribution is -0.127. The molecule has 0 aromatic heterocycles. The second kappa shape index (κ2) is 8.99. The van der Waals surface area contributed by atoms with Crippen LogP contribution >= 0.6 is 0 Å². The summed E-state index contributed by atoms with van der Waals surface area (Å²) in [4.78, 5) is 12.5. The molecule has 0 aliphatic heterocycles. The molecule has 26 heavy (non-hydrogen) atoms. The average molecular weight is 359 g/mol. The number of carbonyl (C=O) groups is 1. The van der Waals surface area contributed by atoms with Crippen LogP contribution in [0, 0.1) is 0 Å². The summed E-state index contributed by atoms with van der Waals surface area (Å²) in [5, 5.41) is 2.94. The molecule has 1 N–H and O–H groups in total. The average Bonchev–Trinajstić information content (AvgIpc) is 2.67. The summed E-state index contributed by atoms with van der Waals surface area (Å²) in [5.41, 5.74) is 0.860. The standard InChI is InChI=1S/C20H25NO5/c1-13(18-11-10-17(24-4)12-19(18)25-5)21-20(22)14(2)26-16-8-6-15(23-3)7-9-16/h6-14H,1-5H3,(H,21,22). The largest absolute Gasteiger partial charge is 0.497 e. The van der Waals surface area contributed by atoms with Gasteiger partial charge in [0.15, 0.2) is 6.10 Å². The van der Waals surface area contributed by atoms with Gasteiger partial charge in [0.05, 0.1) is 27.4 Å². The number of hydrogen-bond acceptors (Lipinski definition) is 5. The quantitative estimate of drug-likeness (QED) is 0.783. The fourth-order valence-electron chi connectivity index (χ4n) is 2.50. The van der Waals surface area contributed by atoms with Gasteiger partial charge in [-0.3, -0.25) is 4.79 Å². The molecule has 6 nitrogen and oxygen atoms in total. The molecule has 6 heteroatoms. The van der Waals surface area contributed by atoms with Crippen LogP contribution < -0.4 is 24.3 Å². The molecule has 0 saturated heterocycles. The van der Waals surface area contributed by atoms with Crippen molar-refractivity contribution in [3.63, 3.8) is 0 Å². The predicted molar refractivity (Wildman–Crippen MR) is 99.2 cm³/mol. The number of rotatable bonds is 8. The molecule has 2 unspecified atom stereocenters. The Bertz CT molecular complexity index is 729. The van der Waals surface area contributed by atoms with Crippen LogP contribution in [0.2, 0.25) is 0 Å². The van der Waals surface area contributed by atoms with Crippen molar-refractivity contribution >= 4 is 5.91 Å². The molecule has 0 bridgehead atoms. The lowest BCUT2D eigenvalue weighted by Crippen LogP contribution is -2.37. The van der Waals surface area contributed by atoms with Gasteiger partial charge in [0.2, 0.25) is 0 Å². The second-order valence-corrected chi connectivity index (χ2v) is 5.77. The molecule has 2 aromatic carbocycles. The molecule has 2 aromatic rings. The zero-order valence-corrected chi connectivity index (χ0v) is 15.7. The minimum Gasteiger partial charge on any atom is -0.497 e. The van der Waals surface area contributed by atoms with Crippen LogP contribution in [-0.4, -0.2) is 33.3 Å². The van der Waals surface area contributed by atoms with Crippen LogP contribution in [0.25, 0.3) is 0 Å². The van der Waals surface area contributed by atoms with Crippen LogP contribution in [0.15, 0.2) is 42.5 Å². The monoisotopic (exact) mass is 359 g/mol. The Morgan fingerprint density at radius 1 is 0.846 bits per heavy atom. The first-order valence-electron chi connectivity index (χ1n) is 8.31. The molecule has 0 aliphatic carbocycles. The van der Waals surface area contributed by atoms with Crippen molar-refractivity contribution in [1.82, 2.24) is 5.32 Å². The molecule has 0 saturated carbocycles. The summed E-state index contributed by atoms with van der Waals surface area (Å²) in [5.74, 6) is 2.46.